The lowest BCUT2D eigenvalue weighted by atomic mass is 9.83. The predicted octanol–water partition coefficient (Wildman–Crippen LogP) is 2.69. The number of alkyl halides is 1. The van der Waals surface area contributed by atoms with Crippen LogP contribution < -0.4 is 5.73 Å². The van der Waals surface area contributed by atoms with E-state index in [4.69, 9.17) is 26.8 Å². The highest BCUT2D eigenvalue weighted by Gasteiger charge is 2.37. The number of esters is 1. The van der Waals surface area contributed by atoms with E-state index < -0.39 is 17.7 Å². The number of carbonyl (C=O) groups excluding carboxylic acids is 1. The summed E-state index contributed by atoms with van der Waals surface area (Å²) >= 11 is 5.84. The second kappa shape index (κ2) is 7.16. The molecule has 0 bridgehead atoms. The van der Waals surface area contributed by atoms with Crippen LogP contribution in [0.2, 0.25) is 0 Å². The topological polar surface area (TPSA) is 85.3 Å². The second-order valence-electron chi connectivity index (χ2n) is 4.67. The summed E-state index contributed by atoms with van der Waals surface area (Å²) in [6.45, 7) is 1.81. The molecule has 23 heavy (non-hydrogen) atoms. The summed E-state index contributed by atoms with van der Waals surface area (Å²) in [6, 6.07) is 7.36. The number of nitrogens with zero attached hydrogens (tertiary/aromatic N) is 1. The molecule has 0 fully saturated rings. The largest absolute Gasteiger partial charge is 0.463 e. The molecule has 1 aromatic rings. The highest BCUT2D eigenvalue weighted by Crippen LogP contribution is 2.39. The third-order valence-corrected chi connectivity index (χ3v) is 3.56. The van der Waals surface area contributed by atoms with Gasteiger partial charge in [0.15, 0.2) is 0 Å². The standard InChI is InChI=1S/C16H14ClFN2O3/c1-2-22-16(21)14-12(7-17)23-15(20)11(8-19)13(14)9-3-5-10(18)6-4-9/h3-6,13H,2,7,20H2,1H3/t13-/m1/s1. The third kappa shape index (κ3) is 3.30. The fraction of sp³-hybridized carbons (Fsp3) is 0.250. The van der Waals surface area contributed by atoms with Crippen molar-refractivity contribution in [2.75, 3.05) is 12.5 Å². The van der Waals surface area contributed by atoms with Crippen LogP contribution in [0.15, 0.2) is 47.1 Å². The van der Waals surface area contributed by atoms with Crippen molar-refractivity contribution in [3.63, 3.8) is 0 Å². The van der Waals surface area contributed by atoms with Crippen molar-refractivity contribution >= 4 is 17.6 Å². The van der Waals surface area contributed by atoms with Crippen LogP contribution >= 0.6 is 11.6 Å². The average Bonchev–Trinajstić information content (AvgIpc) is 2.54. The van der Waals surface area contributed by atoms with Crippen LogP contribution in [0.1, 0.15) is 18.4 Å². The number of halogens is 2. The Morgan fingerprint density at radius 1 is 1.48 bits per heavy atom. The molecule has 0 amide bonds. The number of hydrogen-bond acceptors (Lipinski definition) is 5. The number of hydrogen-bond donors (Lipinski definition) is 1. The number of ether oxygens (including phenoxy) is 2. The van der Waals surface area contributed by atoms with Gasteiger partial charge in [0.25, 0.3) is 0 Å². The quantitative estimate of drug-likeness (QED) is 0.675. The Kier molecular flexibility index (Phi) is 5.24. The van der Waals surface area contributed by atoms with Crippen LogP contribution in [-0.4, -0.2) is 18.5 Å². The molecule has 1 atom stereocenters. The van der Waals surface area contributed by atoms with Gasteiger partial charge in [-0.25, -0.2) is 9.18 Å². The summed E-state index contributed by atoms with van der Waals surface area (Å²) in [5, 5.41) is 9.39. The van der Waals surface area contributed by atoms with Crippen molar-refractivity contribution < 1.29 is 18.7 Å². The second-order valence-corrected chi connectivity index (χ2v) is 4.93. The molecule has 120 valence electrons. The number of rotatable bonds is 4. The Labute approximate surface area is 137 Å². The molecule has 0 saturated carbocycles. The van der Waals surface area contributed by atoms with Gasteiger partial charge in [-0.05, 0) is 24.6 Å². The summed E-state index contributed by atoms with van der Waals surface area (Å²) in [5.41, 5.74) is 6.43. The Balaban J connectivity index is 2.63. The van der Waals surface area contributed by atoms with Gasteiger partial charge in [0.05, 0.1) is 24.0 Å². The van der Waals surface area contributed by atoms with Gasteiger partial charge in [0.2, 0.25) is 5.88 Å². The van der Waals surface area contributed by atoms with Gasteiger partial charge < -0.3 is 15.2 Å². The monoisotopic (exact) mass is 336 g/mol. The first-order chi connectivity index (χ1) is 11.0. The molecule has 5 nitrogen and oxygen atoms in total. The van der Waals surface area contributed by atoms with Gasteiger partial charge in [-0.2, -0.15) is 5.26 Å². The fourth-order valence-corrected chi connectivity index (χ4v) is 2.54. The zero-order chi connectivity index (χ0) is 17.0. The van der Waals surface area contributed by atoms with Crippen LogP contribution in [0.3, 0.4) is 0 Å². The summed E-state index contributed by atoms with van der Waals surface area (Å²) < 4.78 is 23.5. The van der Waals surface area contributed by atoms with E-state index in [1.165, 1.54) is 24.3 Å². The van der Waals surface area contributed by atoms with Gasteiger partial charge in [-0.3, -0.25) is 0 Å². The lowest BCUT2D eigenvalue weighted by Crippen LogP contribution is -2.26. The van der Waals surface area contributed by atoms with Crippen molar-refractivity contribution in [2.45, 2.75) is 12.8 Å². The number of nitriles is 1. The molecular weight excluding hydrogens is 323 g/mol. The Bertz CT molecular complexity index is 720. The highest BCUT2D eigenvalue weighted by atomic mass is 35.5. The first-order valence-corrected chi connectivity index (χ1v) is 7.36. The first-order valence-electron chi connectivity index (χ1n) is 6.82. The molecule has 1 heterocycles. The first kappa shape index (κ1) is 16.8. The summed E-state index contributed by atoms with van der Waals surface area (Å²) in [4.78, 5) is 12.3. The number of allylic oxidation sites excluding steroid dienone is 2. The molecule has 0 saturated heterocycles. The van der Waals surface area contributed by atoms with E-state index in [-0.39, 0.29) is 35.3 Å². The smallest absolute Gasteiger partial charge is 0.338 e. The van der Waals surface area contributed by atoms with Crippen LogP contribution in [0.5, 0.6) is 0 Å². The summed E-state index contributed by atoms with van der Waals surface area (Å²) in [7, 11) is 0. The molecule has 1 aromatic carbocycles. The number of nitrogens with two attached hydrogens (primary N) is 1. The summed E-state index contributed by atoms with van der Waals surface area (Å²) in [5.74, 6) is -2.04. The van der Waals surface area contributed by atoms with E-state index in [9.17, 15) is 14.4 Å². The van der Waals surface area contributed by atoms with E-state index in [2.05, 4.69) is 0 Å². The van der Waals surface area contributed by atoms with Crippen molar-refractivity contribution in [3.05, 3.63) is 58.4 Å². The van der Waals surface area contributed by atoms with Crippen LogP contribution in [0.4, 0.5) is 4.39 Å². The predicted molar refractivity (Wildman–Crippen MR) is 81.4 cm³/mol. The molecule has 0 radical (unpaired) electrons. The zero-order valence-corrected chi connectivity index (χ0v) is 13.1. The van der Waals surface area contributed by atoms with Crippen molar-refractivity contribution in [1.29, 1.82) is 5.26 Å². The fourth-order valence-electron chi connectivity index (χ4n) is 2.34. The maximum atomic E-state index is 13.2. The van der Waals surface area contributed by atoms with E-state index in [1.54, 1.807) is 6.92 Å². The minimum Gasteiger partial charge on any atom is -0.463 e. The van der Waals surface area contributed by atoms with Gasteiger partial charge in [0.1, 0.15) is 23.2 Å². The van der Waals surface area contributed by atoms with E-state index in [1.807, 2.05) is 6.07 Å². The Morgan fingerprint density at radius 3 is 2.65 bits per heavy atom. The number of benzene rings is 1. The molecule has 1 aliphatic rings. The van der Waals surface area contributed by atoms with E-state index in [0.29, 0.717) is 5.56 Å². The summed E-state index contributed by atoms with van der Waals surface area (Å²) in [6.07, 6.45) is 0. The normalized spacial score (nSPS) is 17.6. The lowest BCUT2D eigenvalue weighted by Gasteiger charge is -2.27. The Hall–Kier alpha value is -2.52. The third-order valence-electron chi connectivity index (χ3n) is 3.32. The molecular formula is C16H14ClFN2O3. The molecule has 7 heteroatoms. The van der Waals surface area contributed by atoms with Crippen molar-refractivity contribution in [3.8, 4) is 6.07 Å². The Morgan fingerprint density at radius 2 is 2.13 bits per heavy atom. The minimum atomic E-state index is -0.817. The van der Waals surface area contributed by atoms with Gasteiger partial charge in [0, 0.05) is 0 Å². The maximum Gasteiger partial charge on any atom is 0.338 e. The zero-order valence-electron chi connectivity index (χ0n) is 12.3. The molecule has 1 aliphatic heterocycles. The molecule has 0 spiro atoms. The van der Waals surface area contributed by atoms with Crippen LogP contribution in [0.25, 0.3) is 0 Å². The highest BCUT2D eigenvalue weighted by molar-refractivity contribution is 6.19. The molecule has 2 rings (SSSR count). The molecule has 0 aromatic heterocycles. The molecule has 2 N–H and O–H groups in total. The van der Waals surface area contributed by atoms with Gasteiger partial charge in [-0.15, -0.1) is 11.6 Å². The SMILES string of the molecule is CCOC(=O)C1=C(CCl)OC(N)=C(C#N)[C@H]1c1ccc(F)cc1. The number of carbonyl (C=O) groups is 1. The van der Waals surface area contributed by atoms with Crippen molar-refractivity contribution in [1.82, 2.24) is 0 Å². The van der Waals surface area contributed by atoms with Crippen LogP contribution in [0, 0.1) is 17.1 Å². The lowest BCUT2D eigenvalue weighted by molar-refractivity contribution is -0.139. The van der Waals surface area contributed by atoms with Crippen LogP contribution in [-0.2, 0) is 14.3 Å². The minimum absolute atomic E-state index is 0.0496. The molecule has 0 unspecified atom stereocenters. The van der Waals surface area contributed by atoms with E-state index in [0.717, 1.165) is 0 Å². The molecule has 0 aliphatic carbocycles. The average molecular weight is 337 g/mol. The van der Waals surface area contributed by atoms with E-state index >= 15 is 0 Å². The van der Waals surface area contributed by atoms with Gasteiger partial charge >= 0.3 is 5.97 Å². The maximum absolute atomic E-state index is 13.2. The van der Waals surface area contributed by atoms with Crippen molar-refractivity contribution in [2.24, 2.45) is 5.73 Å². The van der Waals surface area contributed by atoms with Gasteiger partial charge in [-0.1, -0.05) is 12.1 Å².